The summed E-state index contributed by atoms with van der Waals surface area (Å²) in [7, 11) is 1.62. The number of ether oxygens (including phenoxy) is 8. The van der Waals surface area contributed by atoms with Gasteiger partial charge in [-0.3, -0.25) is 0 Å². The summed E-state index contributed by atoms with van der Waals surface area (Å²) in [5, 5.41) is 0. The second-order valence-electron chi connectivity index (χ2n) is 11.3. The largest absolute Gasteiger partial charge is 0.376 e. The lowest BCUT2D eigenvalue weighted by atomic mass is 9.85. The van der Waals surface area contributed by atoms with Crippen molar-refractivity contribution in [2.24, 2.45) is 0 Å². The van der Waals surface area contributed by atoms with Crippen LogP contribution in [-0.4, -0.2) is 70.9 Å². The first kappa shape index (κ1) is 35.9. The molecular weight excluding hydrogens is 604 g/mol. The van der Waals surface area contributed by atoms with Crippen molar-refractivity contribution in [3.8, 4) is 0 Å². The summed E-state index contributed by atoms with van der Waals surface area (Å²) in [6.45, 7) is 14.2. The normalized spacial score (nSPS) is 26.2. The molecule has 0 aromatic heterocycles. The van der Waals surface area contributed by atoms with Crippen molar-refractivity contribution in [2.75, 3.05) is 40.3 Å². The zero-order chi connectivity index (χ0) is 30.4. The van der Waals surface area contributed by atoms with Gasteiger partial charge in [0.2, 0.25) is 5.79 Å². The second-order valence-corrected chi connectivity index (χ2v) is 12.2. The van der Waals surface area contributed by atoms with Crippen LogP contribution < -0.4 is 0 Å². The Kier molecular flexibility index (Phi) is 16.2. The molecule has 8 nitrogen and oxygen atoms in total. The van der Waals surface area contributed by atoms with Crippen molar-refractivity contribution >= 4 is 15.9 Å². The molecule has 1 spiro atoms. The van der Waals surface area contributed by atoms with Gasteiger partial charge in [0.15, 0.2) is 0 Å². The van der Waals surface area contributed by atoms with Crippen LogP contribution in [0, 0.1) is 0 Å². The third-order valence-corrected chi connectivity index (χ3v) is 8.67. The Morgan fingerprint density at radius 2 is 1.50 bits per heavy atom. The highest BCUT2D eigenvalue weighted by Crippen LogP contribution is 2.50. The second kappa shape index (κ2) is 19.0. The first-order valence-electron chi connectivity index (χ1n) is 16.1. The molecule has 0 amide bonds. The molecule has 2 aliphatic rings. The number of hydrogen-bond donors (Lipinski definition) is 0. The minimum Gasteiger partial charge on any atom is -0.376 e. The van der Waals surface area contributed by atoms with Gasteiger partial charge in [-0.05, 0) is 55.9 Å². The molecule has 0 unspecified atom stereocenters. The minimum atomic E-state index is -1.17. The molecule has 0 aliphatic carbocycles. The number of methoxy groups -OCH3 is 1. The number of benzene rings is 1. The molecule has 9 heteroatoms. The van der Waals surface area contributed by atoms with Crippen LogP contribution in [0.25, 0.3) is 0 Å². The fourth-order valence-corrected chi connectivity index (χ4v) is 5.99. The van der Waals surface area contributed by atoms with E-state index in [9.17, 15) is 0 Å². The van der Waals surface area contributed by atoms with Gasteiger partial charge in [-0.1, -0.05) is 69.3 Å². The van der Waals surface area contributed by atoms with Crippen LogP contribution in [0.2, 0.25) is 0 Å². The van der Waals surface area contributed by atoms with E-state index >= 15 is 0 Å². The maximum absolute atomic E-state index is 7.14. The van der Waals surface area contributed by atoms with E-state index in [0.717, 1.165) is 72.5 Å². The Balaban J connectivity index is 2.10. The van der Waals surface area contributed by atoms with Crippen molar-refractivity contribution in [1.82, 2.24) is 0 Å². The zero-order valence-corrected chi connectivity index (χ0v) is 28.4. The molecule has 42 heavy (non-hydrogen) atoms. The number of fused-ring (bicyclic) bond motifs is 2. The van der Waals surface area contributed by atoms with E-state index in [2.05, 4.69) is 62.7 Å². The molecule has 1 aromatic rings. The summed E-state index contributed by atoms with van der Waals surface area (Å²) in [4.78, 5) is 0. The molecule has 242 valence electrons. The topological polar surface area (TPSA) is 73.8 Å². The summed E-state index contributed by atoms with van der Waals surface area (Å²) in [6.07, 6.45) is 6.05. The van der Waals surface area contributed by atoms with Crippen molar-refractivity contribution in [2.45, 2.75) is 136 Å². The lowest BCUT2D eigenvalue weighted by Crippen LogP contribution is -2.67. The SMILES string of the molecule is CCCCO[C@H]1[C@H](OCCCC)[C@@H](OCCCC)[C@@]2(OCc3cc(Br)c(COCOC)cc32)O[C@@H]1[C@@H](C)OCCCC. The minimum absolute atomic E-state index is 0.212. The molecule has 0 saturated carbocycles. The molecule has 0 bridgehead atoms. The van der Waals surface area contributed by atoms with Gasteiger partial charge in [0.1, 0.15) is 31.2 Å². The molecule has 3 rings (SSSR count). The maximum atomic E-state index is 7.14. The van der Waals surface area contributed by atoms with E-state index in [-0.39, 0.29) is 19.0 Å². The summed E-state index contributed by atoms with van der Waals surface area (Å²) < 4.78 is 52.1. The van der Waals surface area contributed by atoms with E-state index in [0.29, 0.717) is 39.6 Å². The Labute approximate surface area is 262 Å². The molecule has 2 heterocycles. The van der Waals surface area contributed by atoms with Crippen molar-refractivity contribution < 1.29 is 37.9 Å². The van der Waals surface area contributed by atoms with Crippen molar-refractivity contribution in [3.05, 3.63) is 33.3 Å². The monoisotopic (exact) mass is 658 g/mol. The van der Waals surface area contributed by atoms with Crippen LogP contribution >= 0.6 is 15.9 Å². The summed E-state index contributed by atoms with van der Waals surface area (Å²) >= 11 is 3.74. The smallest absolute Gasteiger partial charge is 0.225 e. The van der Waals surface area contributed by atoms with Crippen molar-refractivity contribution in [1.29, 1.82) is 0 Å². The molecule has 2 aliphatic heterocycles. The number of unbranched alkanes of at least 4 members (excludes halogenated alkanes) is 4. The van der Waals surface area contributed by atoms with Crippen LogP contribution in [0.1, 0.15) is 103 Å². The first-order chi connectivity index (χ1) is 20.5. The Morgan fingerprint density at radius 1 is 0.881 bits per heavy atom. The van der Waals surface area contributed by atoms with Crippen LogP contribution in [0.4, 0.5) is 0 Å². The molecular formula is C33H55BrO8. The van der Waals surface area contributed by atoms with Gasteiger partial charge in [-0.25, -0.2) is 0 Å². The number of rotatable bonds is 21. The van der Waals surface area contributed by atoms with E-state index in [1.807, 2.05) is 0 Å². The van der Waals surface area contributed by atoms with Crippen LogP contribution in [0.3, 0.4) is 0 Å². The van der Waals surface area contributed by atoms with E-state index < -0.39 is 24.1 Å². The maximum Gasteiger partial charge on any atom is 0.225 e. The van der Waals surface area contributed by atoms with Gasteiger partial charge in [0.25, 0.3) is 0 Å². The highest BCUT2D eigenvalue weighted by Gasteiger charge is 2.62. The standard InChI is InChI=1S/C33H55BrO8/c1-7-11-15-37-24(5)29-30(38-16-12-8-2)31(39-17-13-9-3)32(40-18-14-10-4)33(42-29)27-19-26(21-36-23-35-6)28(34)20-25(27)22-41-33/h19-20,24,29-32H,7-18,21-23H2,1-6H3/t24-,29-,30-,31+,32-,33+/m1/s1. The summed E-state index contributed by atoms with van der Waals surface area (Å²) in [5.74, 6) is -1.17. The van der Waals surface area contributed by atoms with Gasteiger partial charge < -0.3 is 37.9 Å². The molecule has 0 N–H and O–H groups in total. The zero-order valence-electron chi connectivity index (χ0n) is 26.8. The lowest BCUT2D eigenvalue weighted by molar-refractivity contribution is -0.389. The summed E-state index contributed by atoms with van der Waals surface area (Å²) in [6, 6.07) is 4.23. The van der Waals surface area contributed by atoms with Crippen LogP contribution in [0.5, 0.6) is 0 Å². The first-order valence-corrected chi connectivity index (χ1v) is 16.9. The molecule has 0 radical (unpaired) electrons. The number of hydrogen-bond acceptors (Lipinski definition) is 8. The Hall–Kier alpha value is -0.620. The van der Waals surface area contributed by atoms with Gasteiger partial charge >= 0.3 is 0 Å². The quantitative estimate of drug-likeness (QED) is 0.0998. The third kappa shape index (κ3) is 9.21. The highest BCUT2D eigenvalue weighted by molar-refractivity contribution is 9.10. The summed E-state index contributed by atoms with van der Waals surface area (Å²) in [5.41, 5.74) is 2.99. The van der Waals surface area contributed by atoms with Gasteiger partial charge in [-0.15, -0.1) is 0 Å². The van der Waals surface area contributed by atoms with Gasteiger partial charge in [0, 0.05) is 43.6 Å². The van der Waals surface area contributed by atoms with E-state index in [4.69, 9.17) is 37.9 Å². The lowest BCUT2D eigenvalue weighted by Gasteiger charge is -2.52. The molecule has 1 fully saturated rings. The molecule has 1 saturated heterocycles. The van der Waals surface area contributed by atoms with Crippen LogP contribution in [-0.2, 0) is 56.9 Å². The Morgan fingerprint density at radius 3 is 2.14 bits per heavy atom. The fraction of sp³-hybridized carbons (Fsp3) is 0.818. The average molecular weight is 660 g/mol. The average Bonchev–Trinajstić information content (AvgIpc) is 3.32. The van der Waals surface area contributed by atoms with Gasteiger partial charge in [0.05, 0.1) is 19.3 Å². The molecule has 1 aromatic carbocycles. The molecule has 6 atom stereocenters. The predicted octanol–water partition coefficient (Wildman–Crippen LogP) is 7.41. The highest BCUT2D eigenvalue weighted by atomic mass is 79.9. The van der Waals surface area contributed by atoms with Crippen molar-refractivity contribution in [3.63, 3.8) is 0 Å². The fourth-order valence-electron chi connectivity index (χ4n) is 5.49. The Bertz CT molecular complexity index is 901. The van der Waals surface area contributed by atoms with E-state index in [1.165, 1.54) is 0 Å². The van der Waals surface area contributed by atoms with E-state index in [1.54, 1.807) is 7.11 Å². The third-order valence-electron chi connectivity index (χ3n) is 7.93. The van der Waals surface area contributed by atoms with Crippen LogP contribution in [0.15, 0.2) is 16.6 Å². The number of halogens is 1. The van der Waals surface area contributed by atoms with Gasteiger partial charge in [-0.2, -0.15) is 0 Å². The predicted molar refractivity (Wildman–Crippen MR) is 166 cm³/mol.